The Morgan fingerprint density at radius 2 is 0.855 bits per heavy atom. The van der Waals surface area contributed by atoms with Crippen LogP contribution in [0.1, 0.15) is 40.4 Å². The molecule has 11 aromatic rings. The molecule has 0 amide bonds. The van der Waals surface area contributed by atoms with E-state index < -0.39 is 0 Å². The molecule has 1 unspecified atom stereocenters. The highest BCUT2D eigenvalue weighted by Crippen LogP contribution is 2.46. The van der Waals surface area contributed by atoms with Crippen LogP contribution in [-0.2, 0) is 0 Å². The van der Waals surface area contributed by atoms with E-state index in [9.17, 15) is 0 Å². The van der Waals surface area contributed by atoms with Gasteiger partial charge in [-0.05, 0) is 148 Å². The van der Waals surface area contributed by atoms with Gasteiger partial charge in [0.2, 0.25) is 0 Å². The third-order valence-electron chi connectivity index (χ3n) is 14.0. The quantitative estimate of drug-likeness (QED) is 0.148. The number of aromatic nitrogens is 2. The second-order valence-electron chi connectivity index (χ2n) is 17.4. The van der Waals surface area contributed by atoms with Gasteiger partial charge < -0.3 is 9.13 Å². The number of fused-ring (bicyclic) bond motifs is 4. The first-order valence-electron chi connectivity index (χ1n) is 22.0. The predicted molar refractivity (Wildman–Crippen MR) is 265 cm³/mol. The standard InChI is InChI=1S/C60H46N2/c1-37-39(3)61(51-31-47(41-17-9-5-10-18-41)29-48(32-51)42-19-11-6-12-20-42)59-53-27-26-46-36-56-38(2)40(4)62(60(56)54-28-25-45(35-55(37)59)57(53)58(46)54)52-33-49(43-21-13-7-14-22-43)30-50(34-52)44-23-15-8-16-24-44/h5-23,25-36,44H,24H2,1-4H3. The second-order valence-corrected chi connectivity index (χ2v) is 17.4. The van der Waals surface area contributed by atoms with Gasteiger partial charge in [0.1, 0.15) is 0 Å². The zero-order valence-electron chi connectivity index (χ0n) is 35.6. The maximum absolute atomic E-state index is 2.56. The monoisotopic (exact) mass is 794 g/mol. The van der Waals surface area contributed by atoms with Gasteiger partial charge >= 0.3 is 0 Å². The van der Waals surface area contributed by atoms with Crippen molar-refractivity contribution in [2.75, 3.05) is 0 Å². The summed E-state index contributed by atoms with van der Waals surface area (Å²) < 4.78 is 5.09. The third-order valence-corrected chi connectivity index (χ3v) is 14.0. The molecule has 1 atom stereocenters. The molecular formula is C60H46N2. The highest BCUT2D eigenvalue weighted by Gasteiger charge is 2.24. The van der Waals surface area contributed by atoms with Crippen LogP contribution in [0.2, 0.25) is 0 Å². The molecule has 0 N–H and O–H groups in total. The van der Waals surface area contributed by atoms with Gasteiger partial charge in [0.25, 0.3) is 0 Å². The number of aryl methyl sites for hydroxylation is 2. The fourth-order valence-corrected chi connectivity index (χ4v) is 10.6. The predicted octanol–water partition coefficient (Wildman–Crippen LogP) is 16.3. The Bertz CT molecular complexity index is 3560. The number of rotatable bonds is 6. The third kappa shape index (κ3) is 5.56. The summed E-state index contributed by atoms with van der Waals surface area (Å²) in [6.45, 7) is 9.19. The number of allylic oxidation sites excluding steroid dienone is 4. The summed E-state index contributed by atoms with van der Waals surface area (Å²) in [5.74, 6) is 0.332. The molecular weight excluding hydrogens is 749 g/mol. The van der Waals surface area contributed by atoms with Crippen molar-refractivity contribution in [3.8, 4) is 44.8 Å². The molecule has 0 bridgehead atoms. The zero-order valence-corrected chi connectivity index (χ0v) is 35.6. The first kappa shape index (κ1) is 36.4. The fourth-order valence-electron chi connectivity index (χ4n) is 10.6. The average molecular weight is 795 g/mol. The molecule has 1 aliphatic rings. The maximum atomic E-state index is 2.56. The molecule has 296 valence electrons. The molecule has 0 fully saturated rings. The van der Waals surface area contributed by atoms with Gasteiger partial charge in [-0.15, -0.1) is 0 Å². The van der Waals surface area contributed by atoms with Crippen molar-refractivity contribution in [2.24, 2.45) is 0 Å². The Morgan fingerprint density at radius 3 is 1.31 bits per heavy atom. The molecule has 0 spiro atoms. The van der Waals surface area contributed by atoms with Gasteiger partial charge in [-0.2, -0.15) is 0 Å². The highest BCUT2D eigenvalue weighted by molar-refractivity contribution is 6.33. The van der Waals surface area contributed by atoms with E-state index >= 15 is 0 Å². The summed E-state index contributed by atoms with van der Waals surface area (Å²) in [6.07, 6.45) is 10.0. The minimum atomic E-state index is 0.332. The van der Waals surface area contributed by atoms with Crippen LogP contribution in [0.4, 0.5) is 0 Å². The van der Waals surface area contributed by atoms with Crippen LogP contribution in [0.25, 0.3) is 98.9 Å². The highest BCUT2D eigenvalue weighted by atomic mass is 15.0. The van der Waals surface area contributed by atoms with E-state index in [-0.39, 0.29) is 0 Å². The van der Waals surface area contributed by atoms with Crippen molar-refractivity contribution >= 4 is 54.1 Å². The summed E-state index contributed by atoms with van der Waals surface area (Å²) in [5.41, 5.74) is 18.8. The molecule has 2 heteroatoms. The lowest BCUT2D eigenvalue weighted by Gasteiger charge is -2.20. The lowest BCUT2D eigenvalue weighted by Crippen LogP contribution is -2.03. The van der Waals surface area contributed by atoms with E-state index in [2.05, 4.69) is 225 Å². The summed E-state index contributed by atoms with van der Waals surface area (Å²) in [5, 5.41) is 10.4. The van der Waals surface area contributed by atoms with Crippen molar-refractivity contribution in [3.63, 3.8) is 0 Å². The Hall–Kier alpha value is -7.42. The van der Waals surface area contributed by atoms with Crippen LogP contribution in [0.3, 0.4) is 0 Å². The Labute approximate surface area is 362 Å². The first-order chi connectivity index (χ1) is 30.4. The van der Waals surface area contributed by atoms with Gasteiger partial charge in [-0.25, -0.2) is 0 Å². The van der Waals surface area contributed by atoms with Crippen molar-refractivity contribution in [1.82, 2.24) is 9.13 Å². The van der Waals surface area contributed by atoms with E-state index in [1.54, 1.807) is 0 Å². The Kier molecular flexibility index (Phi) is 8.27. The van der Waals surface area contributed by atoms with Gasteiger partial charge in [0.05, 0.1) is 11.0 Å². The molecule has 9 aromatic carbocycles. The molecule has 0 aliphatic heterocycles. The molecule has 62 heavy (non-hydrogen) atoms. The number of nitrogens with zero attached hydrogens (tertiary/aromatic N) is 2. The summed E-state index contributed by atoms with van der Waals surface area (Å²) in [4.78, 5) is 0. The van der Waals surface area contributed by atoms with Crippen LogP contribution in [0, 0.1) is 27.7 Å². The second kappa shape index (κ2) is 14.1. The summed E-state index contributed by atoms with van der Waals surface area (Å²) >= 11 is 0. The van der Waals surface area contributed by atoms with Crippen molar-refractivity contribution in [2.45, 2.75) is 40.0 Å². The Balaban J connectivity index is 1.14. The van der Waals surface area contributed by atoms with E-state index in [0.29, 0.717) is 5.92 Å². The lowest BCUT2D eigenvalue weighted by molar-refractivity contribution is 0.851. The van der Waals surface area contributed by atoms with E-state index in [1.807, 2.05) is 0 Å². The van der Waals surface area contributed by atoms with Crippen molar-refractivity contribution in [3.05, 3.63) is 216 Å². The van der Waals surface area contributed by atoms with Gasteiger partial charge in [0.15, 0.2) is 0 Å². The van der Waals surface area contributed by atoms with E-state index in [1.165, 1.54) is 127 Å². The van der Waals surface area contributed by atoms with Crippen molar-refractivity contribution < 1.29 is 0 Å². The van der Waals surface area contributed by atoms with E-state index in [4.69, 9.17) is 0 Å². The summed E-state index contributed by atoms with van der Waals surface area (Å²) in [6, 6.07) is 61.3. The smallest absolute Gasteiger partial charge is 0.0613 e. The van der Waals surface area contributed by atoms with Crippen LogP contribution in [0.15, 0.2) is 188 Å². The van der Waals surface area contributed by atoms with Crippen LogP contribution in [0.5, 0.6) is 0 Å². The molecule has 2 nitrogen and oxygen atoms in total. The molecule has 0 radical (unpaired) electrons. The van der Waals surface area contributed by atoms with Crippen LogP contribution >= 0.6 is 0 Å². The SMILES string of the molecule is Cc1c(C)n(-c2cc(-c3ccccc3)cc(-c3ccccc3)c2)c2c1cc1ccc3c4c(ccc2c14)cc1c(C)c(C)n(-c2cc(-c4ccccc4)cc(C4C=CC=CC4)c2)c13. The van der Waals surface area contributed by atoms with Crippen molar-refractivity contribution in [1.29, 1.82) is 0 Å². The molecule has 0 saturated heterocycles. The topological polar surface area (TPSA) is 9.86 Å². The van der Waals surface area contributed by atoms with Crippen LogP contribution < -0.4 is 0 Å². The van der Waals surface area contributed by atoms with Gasteiger partial charge in [-0.3, -0.25) is 0 Å². The molecule has 0 saturated carbocycles. The zero-order chi connectivity index (χ0) is 41.6. The van der Waals surface area contributed by atoms with Crippen LogP contribution in [-0.4, -0.2) is 9.13 Å². The minimum absolute atomic E-state index is 0.332. The van der Waals surface area contributed by atoms with Gasteiger partial charge in [-0.1, -0.05) is 146 Å². The number of benzene rings is 9. The normalized spacial score (nSPS) is 14.1. The number of hydrogen-bond donors (Lipinski definition) is 0. The van der Waals surface area contributed by atoms with E-state index in [0.717, 1.165) is 6.42 Å². The number of hydrogen-bond acceptors (Lipinski definition) is 0. The minimum Gasteiger partial charge on any atom is -0.313 e. The first-order valence-corrected chi connectivity index (χ1v) is 22.0. The average Bonchev–Trinajstić information content (AvgIpc) is 3.74. The van der Waals surface area contributed by atoms with Gasteiger partial charge in [0, 0.05) is 50.2 Å². The molecule has 1 aliphatic carbocycles. The largest absolute Gasteiger partial charge is 0.313 e. The molecule has 2 aromatic heterocycles. The fraction of sp³-hybridized carbons (Fsp3) is 0.100. The molecule has 2 heterocycles. The maximum Gasteiger partial charge on any atom is 0.0613 e. The molecule has 12 rings (SSSR count). The Morgan fingerprint density at radius 1 is 0.403 bits per heavy atom. The summed E-state index contributed by atoms with van der Waals surface area (Å²) in [7, 11) is 0. The lowest BCUT2D eigenvalue weighted by atomic mass is 9.89.